The monoisotopic (exact) mass is 353 g/mol. The summed E-state index contributed by atoms with van der Waals surface area (Å²) in [6.45, 7) is 0. The number of nitrogens with one attached hydrogen (secondary N) is 1. The van der Waals surface area contributed by atoms with Crippen LogP contribution < -0.4 is 5.35 Å². The van der Waals surface area contributed by atoms with E-state index in [2.05, 4.69) is 15.0 Å². The third-order valence-corrected chi connectivity index (χ3v) is 4.91. The molecule has 0 amide bonds. The van der Waals surface area contributed by atoms with E-state index in [1.165, 1.54) is 0 Å². The van der Waals surface area contributed by atoms with Crippen LogP contribution in [0.15, 0.2) is 70.0 Å². The number of hydrogen-bond donors (Lipinski definition) is 1. The Hall–Kier alpha value is -4.00. The lowest BCUT2D eigenvalue weighted by Gasteiger charge is -1.95. The van der Waals surface area contributed by atoms with E-state index in [1.54, 1.807) is 6.08 Å². The molecule has 27 heavy (non-hydrogen) atoms. The van der Waals surface area contributed by atoms with E-state index in [1.807, 2.05) is 59.1 Å². The van der Waals surface area contributed by atoms with Crippen LogP contribution in [-0.4, -0.2) is 25.7 Å². The highest BCUT2D eigenvalue weighted by molar-refractivity contribution is 6.20. The first-order valence-corrected chi connectivity index (χ1v) is 8.45. The fraction of sp³-hybridized carbons (Fsp3) is 0. The Bertz CT molecular complexity index is 1440. The fourth-order valence-electron chi connectivity index (χ4n) is 3.79. The van der Waals surface area contributed by atoms with Crippen molar-refractivity contribution in [3.8, 4) is 0 Å². The highest BCUT2D eigenvalue weighted by Gasteiger charge is 2.24. The van der Waals surface area contributed by atoms with Crippen LogP contribution in [0.5, 0.6) is 0 Å². The molecule has 3 aliphatic heterocycles. The van der Waals surface area contributed by atoms with Gasteiger partial charge >= 0.3 is 5.69 Å². The lowest BCUT2D eigenvalue weighted by Crippen LogP contribution is -2.09. The molecule has 7 heteroatoms. The zero-order valence-electron chi connectivity index (χ0n) is 13.9. The second-order valence-electron chi connectivity index (χ2n) is 6.59. The van der Waals surface area contributed by atoms with Crippen molar-refractivity contribution in [1.29, 1.82) is 0 Å². The molecule has 6 rings (SSSR count). The molecule has 1 N–H and O–H groups in total. The molecule has 7 nitrogen and oxygen atoms in total. The van der Waals surface area contributed by atoms with Gasteiger partial charge in [-0.2, -0.15) is 0 Å². The summed E-state index contributed by atoms with van der Waals surface area (Å²) < 4.78 is 1.98. The van der Waals surface area contributed by atoms with E-state index in [9.17, 15) is 10.1 Å². The van der Waals surface area contributed by atoms with E-state index >= 15 is 0 Å². The maximum absolute atomic E-state index is 11.8. The maximum Gasteiger partial charge on any atom is 0.303 e. The van der Waals surface area contributed by atoms with Gasteiger partial charge in [0.15, 0.2) is 0 Å². The number of nitro groups is 1. The molecule has 0 fully saturated rings. The fourth-order valence-corrected chi connectivity index (χ4v) is 3.79. The van der Waals surface area contributed by atoms with Crippen molar-refractivity contribution in [3.05, 3.63) is 81.1 Å². The van der Waals surface area contributed by atoms with Crippen molar-refractivity contribution in [2.24, 2.45) is 9.98 Å². The van der Waals surface area contributed by atoms with Crippen molar-refractivity contribution in [3.63, 3.8) is 0 Å². The molecular formula is C20H11N5O2. The Morgan fingerprint density at radius 3 is 2.48 bits per heavy atom. The van der Waals surface area contributed by atoms with Crippen LogP contribution >= 0.6 is 0 Å². The Morgan fingerprint density at radius 2 is 1.70 bits per heavy atom. The molecule has 0 unspecified atom stereocenters. The minimum Gasteiger partial charge on any atom is -0.335 e. The lowest BCUT2D eigenvalue weighted by atomic mass is 10.2. The Kier molecular flexibility index (Phi) is 2.52. The van der Waals surface area contributed by atoms with Gasteiger partial charge in [0, 0.05) is 10.9 Å². The van der Waals surface area contributed by atoms with Crippen LogP contribution in [0.4, 0.5) is 5.69 Å². The molecule has 0 spiro atoms. The van der Waals surface area contributed by atoms with Gasteiger partial charge in [0.05, 0.1) is 33.1 Å². The van der Waals surface area contributed by atoms with Crippen LogP contribution in [0, 0.1) is 10.1 Å². The van der Waals surface area contributed by atoms with Gasteiger partial charge < -0.3 is 4.98 Å². The van der Waals surface area contributed by atoms with Crippen molar-refractivity contribution in [2.45, 2.75) is 0 Å². The maximum atomic E-state index is 11.8. The number of aliphatic imine (C=N–C) groups is 2. The molecule has 0 aliphatic carbocycles. The van der Waals surface area contributed by atoms with Crippen molar-refractivity contribution >= 4 is 45.8 Å². The summed E-state index contributed by atoms with van der Waals surface area (Å²) in [7, 11) is 0. The normalized spacial score (nSPS) is 17.3. The lowest BCUT2D eigenvalue weighted by molar-refractivity contribution is -0.383. The summed E-state index contributed by atoms with van der Waals surface area (Å²) in [6, 6.07) is 5.77. The van der Waals surface area contributed by atoms with Crippen LogP contribution in [0.25, 0.3) is 28.7 Å². The van der Waals surface area contributed by atoms with Gasteiger partial charge in [-0.25, -0.2) is 9.98 Å². The number of fused-ring (bicyclic) bond motifs is 3. The third-order valence-electron chi connectivity index (χ3n) is 4.91. The number of aromatic amines is 1. The largest absolute Gasteiger partial charge is 0.335 e. The second-order valence-corrected chi connectivity index (χ2v) is 6.59. The molecule has 6 bridgehead atoms. The summed E-state index contributed by atoms with van der Waals surface area (Å²) in [5, 5.41) is 13.3. The zero-order chi connectivity index (χ0) is 18.1. The predicted molar refractivity (Wildman–Crippen MR) is 105 cm³/mol. The van der Waals surface area contributed by atoms with Crippen LogP contribution in [-0.2, 0) is 0 Å². The number of nitrogens with zero attached hydrogens (tertiary/aromatic N) is 4. The standard InChI is InChI=1S/C20H11N5O2/c26-25(27)19-17-10-16-6-5-15-8-13-3-1-11(21-13)7-12-2-4-14(22-12)9-18(19)23-20(17)24(15)16/h1-10,23H. The predicted octanol–water partition coefficient (Wildman–Crippen LogP) is 3.09. The first-order valence-electron chi connectivity index (χ1n) is 8.45. The number of allylic oxidation sites excluding steroid dienone is 5. The van der Waals surface area contributed by atoms with Crippen LogP contribution in [0.2, 0.25) is 0 Å². The molecule has 0 radical (unpaired) electrons. The Labute approximate surface area is 151 Å². The van der Waals surface area contributed by atoms with Gasteiger partial charge in [0.25, 0.3) is 0 Å². The highest BCUT2D eigenvalue weighted by Crippen LogP contribution is 2.34. The van der Waals surface area contributed by atoms with E-state index in [4.69, 9.17) is 0 Å². The minimum absolute atomic E-state index is 0.0659. The summed E-state index contributed by atoms with van der Waals surface area (Å²) >= 11 is 0. The molecule has 0 saturated carbocycles. The average molecular weight is 353 g/mol. The van der Waals surface area contributed by atoms with Gasteiger partial charge in [-0.05, 0) is 60.7 Å². The van der Waals surface area contributed by atoms with E-state index in [-0.39, 0.29) is 10.6 Å². The highest BCUT2D eigenvalue weighted by atomic mass is 16.6. The first-order chi connectivity index (χ1) is 13.2. The minimum atomic E-state index is -0.341. The third kappa shape index (κ3) is 1.96. The number of hydrogen-bond acceptors (Lipinski definition) is 4. The van der Waals surface area contributed by atoms with Crippen LogP contribution in [0.1, 0.15) is 5.69 Å². The van der Waals surface area contributed by atoms with Gasteiger partial charge in [0.1, 0.15) is 11.3 Å². The molecule has 6 heterocycles. The van der Waals surface area contributed by atoms with Crippen molar-refractivity contribution < 1.29 is 4.92 Å². The summed E-state index contributed by atoms with van der Waals surface area (Å²) in [6.07, 6.45) is 13.2. The molecule has 0 aromatic carbocycles. The zero-order valence-corrected chi connectivity index (χ0v) is 13.9. The molecule has 3 aromatic heterocycles. The van der Waals surface area contributed by atoms with Gasteiger partial charge in [-0.1, -0.05) is 0 Å². The smallest absolute Gasteiger partial charge is 0.303 e. The molecule has 0 saturated heterocycles. The van der Waals surface area contributed by atoms with E-state index < -0.39 is 0 Å². The van der Waals surface area contributed by atoms with E-state index in [0.29, 0.717) is 22.4 Å². The van der Waals surface area contributed by atoms with Crippen LogP contribution in [0.3, 0.4) is 0 Å². The summed E-state index contributed by atoms with van der Waals surface area (Å²) in [4.78, 5) is 23.8. The number of rotatable bonds is 1. The van der Waals surface area contributed by atoms with Gasteiger partial charge in [0.2, 0.25) is 0 Å². The molecule has 0 atom stereocenters. The topological polar surface area (TPSA) is 88.1 Å². The molecular weight excluding hydrogens is 342 g/mol. The van der Waals surface area contributed by atoms with Gasteiger partial charge in [-0.15, -0.1) is 0 Å². The van der Waals surface area contributed by atoms with Crippen molar-refractivity contribution in [2.75, 3.05) is 0 Å². The Balaban J connectivity index is 1.78. The average Bonchev–Trinajstić information content (AvgIpc) is 3.38. The van der Waals surface area contributed by atoms with Gasteiger partial charge in [-0.3, -0.25) is 14.5 Å². The quantitative estimate of drug-likeness (QED) is 0.538. The number of H-pyrrole nitrogens is 1. The molecule has 3 aliphatic rings. The van der Waals surface area contributed by atoms with E-state index in [0.717, 1.165) is 28.0 Å². The molecule has 128 valence electrons. The molecule has 3 aromatic rings. The Morgan fingerprint density at radius 1 is 0.963 bits per heavy atom. The second kappa shape index (κ2) is 4.79. The first kappa shape index (κ1) is 14.2. The summed E-state index contributed by atoms with van der Waals surface area (Å²) in [5.41, 5.74) is 5.18. The number of aromatic nitrogens is 2. The SMILES string of the molecule is O=[N+]([O-])c1c2[nH]c3c1cc1ccc(n13)=CC1=NC(=CC3=NC(=C2)C=C3)C=C1. The van der Waals surface area contributed by atoms with Crippen molar-refractivity contribution in [1.82, 2.24) is 9.38 Å². The summed E-state index contributed by atoms with van der Waals surface area (Å²) in [5.74, 6) is 0.